The molecule has 2 heterocycles. The molecule has 0 N–H and O–H groups in total. The van der Waals surface area contributed by atoms with Crippen molar-refractivity contribution < 1.29 is 28.6 Å². The molecule has 0 spiro atoms. The number of hydrogen-bond acceptors (Lipinski definition) is 7. The quantitative estimate of drug-likeness (QED) is 0.209. The summed E-state index contributed by atoms with van der Waals surface area (Å²) in [5, 5.41) is 1.80. The van der Waals surface area contributed by atoms with Gasteiger partial charge in [0.2, 0.25) is 11.8 Å². The summed E-state index contributed by atoms with van der Waals surface area (Å²) >= 11 is 0. The summed E-state index contributed by atoms with van der Waals surface area (Å²) in [7, 11) is 0. The Morgan fingerprint density at radius 1 is 1.14 bits per heavy atom. The van der Waals surface area contributed by atoms with Gasteiger partial charge in [-0.05, 0) is 55.2 Å². The maximum absolute atomic E-state index is 14.2. The largest absolute Gasteiger partial charge is 0.472 e. The van der Waals surface area contributed by atoms with E-state index >= 15 is 0 Å². The second-order valence-corrected chi connectivity index (χ2v) is 12.2. The van der Waals surface area contributed by atoms with Crippen molar-refractivity contribution in [2.24, 2.45) is 17.3 Å². The monoisotopic (exact) mass is 576 g/mol. The van der Waals surface area contributed by atoms with E-state index in [1.165, 1.54) is 0 Å². The summed E-state index contributed by atoms with van der Waals surface area (Å²) in [5.74, 6) is -1.13. The number of hydrogen-bond donors (Lipinski definition) is 0. The number of amides is 1. The molecule has 2 aromatic rings. The third-order valence-electron chi connectivity index (χ3n) is 8.37. The molecule has 42 heavy (non-hydrogen) atoms. The van der Waals surface area contributed by atoms with Gasteiger partial charge in [0, 0.05) is 23.4 Å². The summed E-state index contributed by atoms with van der Waals surface area (Å²) in [5.41, 5.74) is 0.702. The van der Waals surface area contributed by atoms with Gasteiger partial charge in [0.1, 0.15) is 12.1 Å². The highest BCUT2D eigenvalue weighted by Crippen LogP contribution is 2.37. The van der Waals surface area contributed by atoms with Crippen LogP contribution in [0.2, 0.25) is 0 Å². The summed E-state index contributed by atoms with van der Waals surface area (Å²) in [6.07, 6.45) is 9.54. The van der Waals surface area contributed by atoms with E-state index in [1.54, 1.807) is 24.1 Å². The molecule has 0 unspecified atom stereocenters. The van der Waals surface area contributed by atoms with Crippen LogP contribution in [0.25, 0.3) is 16.8 Å². The summed E-state index contributed by atoms with van der Waals surface area (Å²) in [6, 6.07) is 7.03. The van der Waals surface area contributed by atoms with Crippen molar-refractivity contribution in [1.82, 2.24) is 9.88 Å². The van der Waals surface area contributed by atoms with Crippen LogP contribution in [0.3, 0.4) is 0 Å². The molecule has 1 saturated carbocycles. The average Bonchev–Trinajstić information content (AvgIpc) is 3.65. The molecule has 8 nitrogen and oxygen atoms in total. The molecular weight excluding hydrogens is 532 g/mol. The normalized spacial score (nSPS) is 19.8. The van der Waals surface area contributed by atoms with Crippen LogP contribution in [0.5, 0.6) is 5.88 Å². The number of likely N-dealkylation sites (tertiary alicyclic amines) is 1. The molecular formula is C34H44N2O6. The Labute approximate surface area is 249 Å². The smallest absolute Gasteiger partial charge is 0.328 e. The third kappa shape index (κ3) is 7.58. The van der Waals surface area contributed by atoms with Crippen molar-refractivity contribution in [3.05, 3.63) is 55.3 Å². The molecule has 4 rings (SSSR count). The minimum atomic E-state index is -0.799. The van der Waals surface area contributed by atoms with Gasteiger partial charge in [-0.3, -0.25) is 9.59 Å². The van der Waals surface area contributed by atoms with E-state index in [9.17, 15) is 14.4 Å². The van der Waals surface area contributed by atoms with Crippen LogP contribution in [0.1, 0.15) is 71.3 Å². The molecule has 1 saturated heterocycles. The molecule has 1 aliphatic carbocycles. The second kappa shape index (κ2) is 14.0. The van der Waals surface area contributed by atoms with Crippen molar-refractivity contribution in [1.29, 1.82) is 0 Å². The van der Waals surface area contributed by atoms with Gasteiger partial charge in [0.25, 0.3) is 0 Å². The zero-order valence-corrected chi connectivity index (χ0v) is 25.2. The number of benzene rings is 1. The number of rotatable bonds is 13. The van der Waals surface area contributed by atoms with Crippen LogP contribution < -0.4 is 4.74 Å². The Balaban J connectivity index is 1.55. The predicted molar refractivity (Wildman–Crippen MR) is 163 cm³/mol. The standard InChI is InChI=1S/C34H44N2O6/c1-6-16-34(4,5)22-41-30(37)20-28(24-11-9-10-12-24)32(38)36-21-26(19-29(36)33(39)40-8-3)42-31-27-18-23(7-2)13-14-25(27)15-17-35-31/h6-7,13-15,17-18,24,26,28-29H,1-2,8-12,16,19-22H2,3-5H3/t26-,28+,29+/m1/s1. The van der Waals surface area contributed by atoms with Crippen LogP contribution in [0, 0.1) is 17.3 Å². The van der Waals surface area contributed by atoms with E-state index in [-0.39, 0.29) is 49.8 Å². The molecule has 1 amide bonds. The Morgan fingerprint density at radius 2 is 1.90 bits per heavy atom. The van der Waals surface area contributed by atoms with Gasteiger partial charge in [-0.25, -0.2) is 9.78 Å². The van der Waals surface area contributed by atoms with Crippen molar-refractivity contribution in [3.63, 3.8) is 0 Å². The van der Waals surface area contributed by atoms with Gasteiger partial charge in [-0.2, -0.15) is 0 Å². The number of pyridine rings is 1. The molecule has 2 aliphatic rings. The minimum Gasteiger partial charge on any atom is -0.472 e. The Morgan fingerprint density at radius 3 is 2.60 bits per heavy atom. The van der Waals surface area contributed by atoms with Gasteiger partial charge in [0.05, 0.1) is 32.1 Å². The van der Waals surface area contributed by atoms with Crippen LogP contribution in [-0.4, -0.2) is 59.6 Å². The maximum Gasteiger partial charge on any atom is 0.328 e. The third-order valence-corrected chi connectivity index (χ3v) is 8.37. The van der Waals surface area contributed by atoms with Crippen molar-refractivity contribution >= 4 is 34.7 Å². The molecule has 0 radical (unpaired) electrons. The molecule has 1 aromatic heterocycles. The fraction of sp³-hybridized carbons (Fsp3) is 0.529. The number of ether oxygens (including phenoxy) is 3. The Bertz CT molecular complexity index is 1300. The van der Waals surface area contributed by atoms with Crippen LogP contribution in [0.4, 0.5) is 0 Å². The Hall–Kier alpha value is -3.68. The highest BCUT2D eigenvalue weighted by Gasteiger charge is 2.46. The predicted octanol–water partition coefficient (Wildman–Crippen LogP) is 6.13. The highest BCUT2D eigenvalue weighted by atomic mass is 16.5. The first kappa shape index (κ1) is 31.3. The first-order chi connectivity index (χ1) is 20.2. The van der Waals surface area contributed by atoms with E-state index < -0.39 is 30.0 Å². The van der Waals surface area contributed by atoms with Crippen LogP contribution >= 0.6 is 0 Å². The SMILES string of the molecule is C=CCC(C)(C)COC(=O)C[C@H](C(=O)N1C[C@H](Oc2nccc3ccc(C=C)cc23)C[C@H]1C(=O)OCC)C1CCCC1. The molecule has 0 bridgehead atoms. The summed E-state index contributed by atoms with van der Waals surface area (Å²) in [6.45, 7) is 14.1. The molecule has 226 valence electrons. The topological polar surface area (TPSA) is 95.0 Å². The van der Waals surface area contributed by atoms with Gasteiger partial charge in [-0.1, -0.05) is 57.6 Å². The number of nitrogens with zero attached hydrogens (tertiary/aromatic N) is 2. The van der Waals surface area contributed by atoms with E-state index in [2.05, 4.69) is 18.1 Å². The molecule has 8 heteroatoms. The fourth-order valence-electron chi connectivity index (χ4n) is 6.12. The van der Waals surface area contributed by atoms with E-state index in [1.807, 2.05) is 44.2 Å². The number of carbonyl (C=O) groups excluding carboxylic acids is 3. The lowest BCUT2D eigenvalue weighted by Gasteiger charge is -2.30. The van der Waals surface area contributed by atoms with Gasteiger partial charge < -0.3 is 19.1 Å². The van der Waals surface area contributed by atoms with Gasteiger partial charge in [0.15, 0.2) is 0 Å². The number of aromatic nitrogens is 1. The molecule has 2 fully saturated rings. The van der Waals surface area contributed by atoms with Crippen LogP contribution in [0.15, 0.2) is 49.7 Å². The second-order valence-electron chi connectivity index (χ2n) is 12.2. The zero-order valence-electron chi connectivity index (χ0n) is 25.2. The van der Waals surface area contributed by atoms with E-state index in [0.29, 0.717) is 12.3 Å². The first-order valence-electron chi connectivity index (χ1n) is 15.1. The summed E-state index contributed by atoms with van der Waals surface area (Å²) in [4.78, 5) is 46.4. The van der Waals surface area contributed by atoms with Crippen molar-refractivity contribution in [2.45, 2.75) is 77.9 Å². The average molecular weight is 577 g/mol. The number of carbonyl (C=O) groups is 3. The lowest BCUT2D eigenvalue weighted by molar-refractivity contribution is -0.157. The van der Waals surface area contributed by atoms with E-state index in [4.69, 9.17) is 14.2 Å². The highest BCUT2D eigenvalue weighted by molar-refractivity contribution is 5.90. The van der Waals surface area contributed by atoms with Crippen molar-refractivity contribution in [3.8, 4) is 5.88 Å². The van der Waals surface area contributed by atoms with E-state index in [0.717, 1.165) is 42.0 Å². The molecule has 3 atom stereocenters. The number of allylic oxidation sites excluding steroid dienone is 1. The zero-order chi connectivity index (χ0) is 30.3. The molecule has 1 aromatic carbocycles. The number of esters is 2. The lowest BCUT2D eigenvalue weighted by atomic mass is 9.86. The first-order valence-corrected chi connectivity index (χ1v) is 15.1. The Kier molecular flexibility index (Phi) is 10.4. The van der Waals surface area contributed by atoms with Crippen molar-refractivity contribution in [2.75, 3.05) is 19.8 Å². The van der Waals surface area contributed by atoms with Gasteiger partial charge in [-0.15, -0.1) is 6.58 Å². The fourth-order valence-corrected chi connectivity index (χ4v) is 6.12. The van der Waals surface area contributed by atoms with Gasteiger partial charge >= 0.3 is 11.9 Å². The summed E-state index contributed by atoms with van der Waals surface area (Å²) < 4.78 is 17.4. The number of fused-ring (bicyclic) bond motifs is 1. The maximum atomic E-state index is 14.2. The minimum absolute atomic E-state index is 0.0134. The molecule has 1 aliphatic heterocycles. The lowest BCUT2D eigenvalue weighted by Crippen LogP contribution is -2.46. The van der Waals surface area contributed by atoms with Crippen LogP contribution in [-0.2, 0) is 23.9 Å².